The van der Waals surface area contributed by atoms with Gasteiger partial charge in [0.1, 0.15) is 5.82 Å². The highest BCUT2D eigenvalue weighted by atomic mass is 16.2. The Kier molecular flexibility index (Phi) is 4.52. The van der Waals surface area contributed by atoms with E-state index in [1.807, 2.05) is 63.2 Å². The van der Waals surface area contributed by atoms with Gasteiger partial charge in [0.05, 0.1) is 5.52 Å². The third kappa shape index (κ3) is 3.52. The molecule has 0 bridgehead atoms. The molecule has 2 N–H and O–H groups in total. The van der Waals surface area contributed by atoms with E-state index in [0.717, 1.165) is 10.9 Å². The lowest BCUT2D eigenvalue weighted by Crippen LogP contribution is -2.30. The Labute approximate surface area is 145 Å². The summed E-state index contributed by atoms with van der Waals surface area (Å²) in [7, 11) is 0. The van der Waals surface area contributed by atoms with E-state index >= 15 is 0 Å². The Balaban J connectivity index is 1.99. The molecule has 3 rings (SSSR count). The lowest BCUT2D eigenvalue weighted by Gasteiger charge is -2.18. The third-order valence-electron chi connectivity index (χ3n) is 3.88. The van der Waals surface area contributed by atoms with Gasteiger partial charge in [-0.25, -0.2) is 9.59 Å². The number of amides is 2. The summed E-state index contributed by atoms with van der Waals surface area (Å²) in [5.41, 5.74) is 1.95. The largest absolute Gasteiger partial charge is 0.349 e. The van der Waals surface area contributed by atoms with E-state index < -0.39 is 6.03 Å². The monoisotopic (exact) mass is 336 g/mol. The second kappa shape index (κ2) is 6.76. The summed E-state index contributed by atoms with van der Waals surface area (Å²) in [5, 5.41) is 6.31. The van der Waals surface area contributed by atoms with Gasteiger partial charge < -0.3 is 5.32 Å². The van der Waals surface area contributed by atoms with Crippen LogP contribution in [-0.4, -0.2) is 15.6 Å². The number of fused-ring (bicyclic) bond motifs is 1. The van der Waals surface area contributed by atoms with Crippen molar-refractivity contribution < 1.29 is 4.79 Å². The zero-order valence-electron chi connectivity index (χ0n) is 14.4. The van der Waals surface area contributed by atoms with Crippen LogP contribution in [-0.2, 0) is 0 Å². The third-order valence-corrected chi connectivity index (χ3v) is 3.88. The summed E-state index contributed by atoms with van der Waals surface area (Å²) in [6.07, 6.45) is 0. The van der Waals surface area contributed by atoms with E-state index in [0.29, 0.717) is 17.0 Å². The van der Waals surface area contributed by atoms with Crippen LogP contribution >= 0.6 is 0 Å². The van der Waals surface area contributed by atoms with Crippen molar-refractivity contribution in [2.24, 2.45) is 0 Å². The van der Waals surface area contributed by atoms with Crippen LogP contribution < -0.4 is 16.3 Å². The molecule has 2 aromatic carbocycles. The molecule has 0 spiro atoms. The Bertz CT molecular complexity index is 975. The highest BCUT2D eigenvalue weighted by Crippen LogP contribution is 2.23. The van der Waals surface area contributed by atoms with Gasteiger partial charge in [-0.2, -0.15) is 4.98 Å². The Morgan fingerprint density at radius 1 is 1.04 bits per heavy atom. The van der Waals surface area contributed by atoms with E-state index in [1.165, 1.54) is 4.57 Å². The van der Waals surface area contributed by atoms with Crippen LogP contribution in [0.1, 0.15) is 25.5 Å². The fourth-order valence-corrected chi connectivity index (χ4v) is 2.67. The minimum absolute atomic E-state index is 0.140. The number of anilines is 2. The van der Waals surface area contributed by atoms with Crippen molar-refractivity contribution in [3.63, 3.8) is 0 Å². The smallest absolute Gasteiger partial charge is 0.308 e. The molecule has 0 aliphatic carbocycles. The van der Waals surface area contributed by atoms with Crippen LogP contribution in [0, 0.1) is 6.92 Å². The molecule has 0 atom stereocenters. The molecule has 128 valence electrons. The first-order chi connectivity index (χ1) is 12.0. The van der Waals surface area contributed by atoms with Gasteiger partial charge in [-0.1, -0.05) is 29.8 Å². The molecule has 0 aliphatic rings. The van der Waals surface area contributed by atoms with E-state index in [-0.39, 0.29) is 11.7 Å². The van der Waals surface area contributed by atoms with Crippen LogP contribution in [0.4, 0.5) is 16.3 Å². The second-order valence-corrected chi connectivity index (χ2v) is 6.17. The Morgan fingerprint density at radius 2 is 1.72 bits per heavy atom. The van der Waals surface area contributed by atoms with E-state index in [9.17, 15) is 9.59 Å². The zero-order chi connectivity index (χ0) is 18.0. The van der Waals surface area contributed by atoms with Crippen LogP contribution in [0.3, 0.4) is 0 Å². The van der Waals surface area contributed by atoms with Crippen molar-refractivity contribution in [2.45, 2.75) is 26.8 Å². The number of benzene rings is 2. The van der Waals surface area contributed by atoms with Crippen molar-refractivity contribution in [1.82, 2.24) is 9.55 Å². The molecular weight excluding hydrogens is 316 g/mol. The predicted molar refractivity (Wildman–Crippen MR) is 100 cm³/mol. The summed E-state index contributed by atoms with van der Waals surface area (Å²) in [4.78, 5) is 28.9. The molecule has 0 fully saturated rings. The van der Waals surface area contributed by atoms with Crippen LogP contribution in [0.5, 0.6) is 0 Å². The SMILES string of the molecule is Cc1ccc(NC(=O)Nc2c3ccccc3nc(=O)n2C(C)C)cc1. The molecule has 0 radical (unpaired) electrons. The number of nitrogens with one attached hydrogen (secondary N) is 2. The van der Waals surface area contributed by atoms with Crippen LogP contribution in [0.15, 0.2) is 53.3 Å². The number of nitrogens with zero attached hydrogens (tertiary/aromatic N) is 2. The second-order valence-electron chi connectivity index (χ2n) is 6.17. The maximum atomic E-state index is 12.4. The quantitative estimate of drug-likeness (QED) is 0.761. The summed E-state index contributed by atoms with van der Waals surface area (Å²) >= 11 is 0. The van der Waals surface area contributed by atoms with Crippen LogP contribution in [0.25, 0.3) is 10.9 Å². The number of aryl methyl sites for hydroxylation is 1. The number of urea groups is 1. The van der Waals surface area contributed by atoms with Crippen LogP contribution in [0.2, 0.25) is 0 Å². The molecule has 0 saturated heterocycles. The van der Waals surface area contributed by atoms with Gasteiger partial charge in [-0.15, -0.1) is 0 Å². The molecular formula is C19H20N4O2. The Morgan fingerprint density at radius 3 is 2.40 bits per heavy atom. The molecule has 6 nitrogen and oxygen atoms in total. The number of para-hydroxylation sites is 1. The van der Waals surface area contributed by atoms with Crippen molar-refractivity contribution in [3.8, 4) is 0 Å². The summed E-state index contributed by atoms with van der Waals surface area (Å²) in [6.45, 7) is 5.73. The maximum absolute atomic E-state index is 12.4. The molecule has 1 heterocycles. The standard InChI is InChI=1S/C19H20N4O2/c1-12(2)23-17(15-6-4-5-7-16(15)21-19(23)25)22-18(24)20-14-10-8-13(3)9-11-14/h4-12H,1-3H3,(H2,20,22,24). The van der Waals surface area contributed by atoms with Crippen molar-refractivity contribution in [3.05, 3.63) is 64.6 Å². The fraction of sp³-hybridized carbons (Fsp3) is 0.211. The van der Waals surface area contributed by atoms with E-state index in [1.54, 1.807) is 6.07 Å². The van der Waals surface area contributed by atoms with Gasteiger partial charge in [0, 0.05) is 17.1 Å². The lowest BCUT2D eigenvalue weighted by molar-refractivity contribution is 0.262. The molecule has 0 saturated carbocycles. The molecule has 1 aromatic heterocycles. The topological polar surface area (TPSA) is 76.0 Å². The van der Waals surface area contributed by atoms with Crippen molar-refractivity contribution in [2.75, 3.05) is 10.6 Å². The number of hydrogen-bond donors (Lipinski definition) is 2. The molecule has 0 aliphatic heterocycles. The molecule has 2 amide bonds. The summed E-state index contributed by atoms with van der Waals surface area (Å²) in [5.74, 6) is 0.440. The van der Waals surface area contributed by atoms with Crippen molar-refractivity contribution in [1.29, 1.82) is 0 Å². The number of hydrogen-bond acceptors (Lipinski definition) is 3. The zero-order valence-corrected chi connectivity index (χ0v) is 14.4. The first-order valence-corrected chi connectivity index (χ1v) is 8.11. The number of carbonyl (C=O) groups is 1. The lowest BCUT2D eigenvalue weighted by atomic mass is 10.2. The van der Waals surface area contributed by atoms with Crippen molar-refractivity contribution >= 4 is 28.4 Å². The van der Waals surface area contributed by atoms with Gasteiger partial charge in [-0.3, -0.25) is 9.88 Å². The average Bonchev–Trinajstić information content (AvgIpc) is 2.56. The maximum Gasteiger partial charge on any atom is 0.349 e. The molecule has 6 heteroatoms. The van der Waals surface area contributed by atoms with E-state index in [4.69, 9.17) is 0 Å². The number of rotatable bonds is 3. The first kappa shape index (κ1) is 16.7. The average molecular weight is 336 g/mol. The molecule has 0 unspecified atom stereocenters. The number of aromatic nitrogens is 2. The fourth-order valence-electron chi connectivity index (χ4n) is 2.67. The minimum Gasteiger partial charge on any atom is -0.308 e. The highest BCUT2D eigenvalue weighted by Gasteiger charge is 2.16. The highest BCUT2D eigenvalue weighted by molar-refractivity contribution is 6.04. The normalized spacial score (nSPS) is 10.9. The Hall–Kier alpha value is -3.15. The van der Waals surface area contributed by atoms with Gasteiger partial charge in [0.15, 0.2) is 0 Å². The minimum atomic E-state index is -0.408. The van der Waals surface area contributed by atoms with Gasteiger partial charge in [-0.05, 0) is 45.0 Å². The summed E-state index contributed by atoms with van der Waals surface area (Å²) < 4.78 is 1.48. The first-order valence-electron chi connectivity index (χ1n) is 8.11. The van der Waals surface area contributed by atoms with Gasteiger partial charge >= 0.3 is 11.7 Å². The predicted octanol–water partition coefficient (Wildman–Crippen LogP) is 3.93. The van der Waals surface area contributed by atoms with E-state index in [2.05, 4.69) is 15.6 Å². The van der Waals surface area contributed by atoms with Gasteiger partial charge in [0.25, 0.3) is 0 Å². The molecule has 3 aromatic rings. The van der Waals surface area contributed by atoms with Gasteiger partial charge in [0.2, 0.25) is 0 Å². The summed E-state index contributed by atoms with van der Waals surface area (Å²) in [6, 6.07) is 14.2. The molecule has 25 heavy (non-hydrogen) atoms. The number of carbonyl (C=O) groups excluding carboxylic acids is 1.